The lowest BCUT2D eigenvalue weighted by atomic mass is 9.68. The zero-order valence-electron chi connectivity index (χ0n) is 21.5. The van der Waals surface area contributed by atoms with E-state index in [-0.39, 0.29) is 5.41 Å². The van der Waals surface area contributed by atoms with E-state index < -0.39 is 0 Å². The minimum atomic E-state index is -0.110. The van der Waals surface area contributed by atoms with Crippen LogP contribution in [0.15, 0.2) is 97.1 Å². The number of nitrogens with two attached hydrogens (primary N) is 2. The maximum Gasteiger partial charge on any atom is 0.127 e. The Balaban J connectivity index is 1.39. The Morgan fingerprint density at radius 1 is 0.568 bits per heavy atom. The van der Waals surface area contributed by atoms with Crippen LogP contribution in [0.2, 0.25) is 0 Å². The molecule has 4 aromatic carbocycles. The zero-order valence-corrected chi connectivity index (χ0v) is 21.5. The van der Waals surface area contributed by atoms with E-state index in [0.717, 1.165) is 46.7 Å². The predicted molar refractivity (Wildman–Crippen MR) is 152 cm³/mol. The van der Waals surface area contributed by atoms with E-state index in [4.69, 9.17) is 20.9 Å². The quantitative estimate of drug-likeness (QED) is 0.241. The first-order chi connectivity index (χ1) is 18.0. The molecule has 5 rings (SSSR count). The van der Waals surface area contributed by atoms with Gasteiger partial charge in [-0.3, -0.25) is 0 Å². The molecule has 1 aliphatic carbocycles. The first kappa shape index (κ1) is 24.8. The van der Waals surface area contributed by atoms with E-state index >= 15 is 0 Å². The van der Waals surface area contributed by atoms with Gasteiger partial charge in [-0.05, 0) is 96.3 Å². The lowest BCUT2D eigenvalue weighted by Crippen LogP contribution is -2.28. The standard InChI is InChI=1S/C33H36N2O2/c1-33(23-24-5-3-2-4-6-24,25-7-15-29(16-8-25)36-31-19-11-27(34)12-20-31)26-9-17-30(18-10-26)37-32-21-13-28(35)14-22-32/h7-22,24H,2-6,23,34-35H2,1H3. The fourth-order valence-corrected chi connectivity index (χ4v) is 5.50. The Morgan fingerprint density at radius 3 is 1.30 bits per heavy atom. The lowest BCUT2D eigenvalue weighted by Gasteiger charge is -2.36. The van der Waals surface area contributed by atoms with Crippen LogP contribution in [0.25, 0.3) is 0 Å². The van der Waals surface area contributed by atoms with Crippen molar-refractivity contribution in [3.8, 4) is 23.0 Å². The first-order valence-electron chi connectivity index (χ1n) is 13.3. The van der Waals surface area contributed by atoms with Crippen molar-refractivity contribution in [3.63, 3.8) is 0 Å². The summed E-state index contributed by atoms with van der Waals surface area (Å²) in [6.07, 6.45) is 7.79. The van der Waals surface area contributed by atoms with Crippen LogP contribution in [0.5, 0.6) is 23.0 Å². The van der Waals surface area contributed by atoms with Gasteiger partial charge < -0.3 is 20.9 Å². The molecule has 0 heterocycles. The normalized spacial score (nSPS) is 14.3. The summed E-state index contributed by atoms with van der Waals surface area (Å²) < 4.78 is 12.1. The Hall–Kier alpha value is -3.92. The largest absolute Gasteiger partial charge is 0.457 e. The van der Waals surface area contributed by atoms with Crippen molar-refractivity contribution < 1.29 is 9.47 Å². The summed E-state index contributed by atoms with van der Waals surface area (Å²) in [5.41, 5.74) is 15.6. The third-order valence-electron chi connectivity index (χ3n) is 7.64. The highest BCUT2D eigenvalue weighted by molar-refractivity contribution is 5.47. The summed E-state index contributed by atoms with van der Waals surface area (Å²) in [6, 6.07) is 32.1. The second-order valence-electron chi connectivity index (χ2n) is 10.4. The van der Waals surface area contributed by atoms with E-state index in [1.54, 1.807) is 0 Å². The molecule has 1 aliphatic rings. The van der Waals surface area contributed by atoms with Crippen LogP contribution in [0.4, 0.5) is 11.4 Å². The van der Waals surface area contributed by atoms with Gasteiger partial charge in [0.05, 0.1) is 0 Å². The van der Waals surface area contributed by atoms with Crippen molar-refractivity contribution in [2.45, 2.75) is 50.9 Å². The molecule has 4 aromatic rings. The molecule has 0 spiro atoms. The molecule has 1 fully saturated rings. The molecule has 0 atom stereocenters. The molecule has 4 nitrogen and oxygen atoms in total. The summed E-state index contributed by atoms with van der Waals surface area (Å²) in [5.74, 6) is 3.93. The van der Waals surface area contributed by atoms with Crippen LogP contribution in [0, 0.1) is 5.92 Å². The third kappa shape index (κ3) is 6.08. The average Bonchev–Trinajstić information content (AvgIpc) is 2.92. The summed E-state index contributed by atoms with van der Waals surface area (Å²) in [6.45, 7) is 2.38. The summed E-state index contributed by atoms with van der Waals surface area (Å²) >= 11 is 0. The van der Waals surface area contributed by atoms with Gasteiger partial charge in [-0.15, -0.1) is 0 Å². The smallest absolute Gasteiger partial charge is 0.127 e. The summed E-state index contributed by atoms with van der Waals surface area (Å²) in [5, 5.41) is 0. The predicted octanol–water partition coefficient (Wildman–Crippen LogP) is 8.71. The van der Waals surface area contributed by atoms with Crippen molar-refractivity contribution in [2.75, 3.05) is 11.5 Å². The summed E-state index contributed by atoms with van der Waals surface area (Å²) in [4.78, 5) is 0. The number of benzene rings is 4. The highest BCUT2D eigenvalue weighted by atomic mass is 16.5. The maximum atomic E-state index is 6.06. The minimum Gasteiger partial charge on any atom is -0.457 e. The van der Waals surface area contributed by atoms with E-state index in [1.807, 2.05) is 48.5 Å². The SMILES string of the molecule is CC(CC1CCCCC1)(c1ccc(Oc2ccc(N)cc2)cc1)c1ccc(Oc2ccc(N)cc2)cc1. The van der Waals surface area contributed by atoms with Crippen molar-refractivity contribution >= 4 is 11.4 Å². The van der Waals surface area contributed by atoms with E-state index in [1.165, 1.54) is 43.2 Å². The number of ether oxygens (including phenoxy) is 2. The van der Waals surface area contributed by atoms with Gasteiger partial charge in [-0.1, -0.05) is 63.3 Å². The van der Waals surface area contributed by atoms with Crippen molar-refractivity contribution in [1.29, 1.82) is 0 Å². The number of hydrogen-bond donors (Lipinski definition) is 2. The van der Waals surface area contributed by atoms with E-state index in [9.17, 15) is 0 Å². The van der Waals surface area contributed by atoms with E-state index in [2.05, 4.69) is 55.5 Å². The maximum absolute atomic E-state index is 6.06. The molecule has 37 heavy (non-hydrogen) atoms. The van der Waals surface area contributed by atoms with Crippen molar-refractivity contribution in [3.05, 3.63) is 108 Å². The van der Waals surface area contributed by atoms with Crippen molar-refractivity contribution in [2.24, 2.45) is 5.92 Å². The van der Waals surface area contributed by atoms with Gasteiger partial charge in [0, 0.05) is 16.8 Å². The van der Waals surface area contributed by atoms with Gasteiger partial charge in [0.25, 0.3) is 0 Å². The van der Waals surface area contributed by atoms with E-state index in [0.29, 0.717) is 0 Å². The molecule has 190 valence electrons. The van der Waals surface area contributed by atoms with Gasteiger partial charge in [-0.25, -0.2) is 0 Å². The molecule has 0 saturated heterocycles. The Bertz CT molecular complexity index is 1180. The van der Waals surface area contributed by atoms with Gasteiger partial charge in [0.15, 0.2) is 0 Å². The summed E-state index contributed by atoms with van der Waals surface area (Å²) in [7, 11) is 0. The van der Waals surface area contributed by atoms with Gasteiger partial charge in [0.2, 0.25) is 0 Å². The lowest BCUT2D eigenvalue weighted by molar-refractivity contribution is 0.291. The molecule has 0 bridgehead atoms. The molecule has 0 unspecified atom stereocenters. The van der Waals surface area contributed by atoms with Crippen LogP contribution >= 0.6 is 0 Å². The molecule has 0 radical (unpaired) electrons. The van der Waals surface area contributed by atoms with Crippen LogP contribution in [0.3, 0.4) is 0 Å². The number of rotatable bonds is 8. The minimum absolute atomic E-state index is 0.110. The highest BCUT2D eigenvalue weighted by Crippen LogP contribution is 2.43. The first-order valence-corrected chi connectivity index (χ1v) is 13.3. The molecule has 1 saturated carbocycles. The second kappa shape index (κ2) is 11.0. The molecule has 4 heteroatoms. The van der Waals surface area contributed by atoms with Gasteiger partial charge in [-0.2, -0.15) is 0 Å². The molecule has 4 N–H and O–H groups in total. The van der Waals surface area contributed by atoms with Crippen LogP contribution < -0.4 is 20.9 Å². The Kier molecular flexibility index (Phi) is 7.36. The third-order valence-corrected chi connectivity index (χ3v) is 7.64. The highest BCUT2D eigenvalue weighted by Gasteiger charge is 2.32. The molecular formula is C33H36N2O2. The fourth-order valence-electron chi connectivity index (χ4n) is 5.50. The molecular weight excluding hydrogens is 456 g/mol. The topological polar surface area (TPSA) is 70.5 Å². The fraction of sp³-hybridized carbons (Fsp3) is 0.273. The van der Waals surface area contributed by atoms with Gasteiger partial charge >= 0.3 is 0 Å². The Morgan fingerprint density at radius 2 is 0.919 bits per heavy atom. The number of anilines is 2. The monoisotopic (exact) mass is 492 g/mol. The van der Waals surface area contributed by atoms with Crippen LogP contribution in [0.1, 0.15) is 56.6 Å². The van der Waals surface area contributed by atoms with Crippen molar-refractivity contribution in [1.82, 2.24) is 0 Å². The second-order valence-corrected chi connectivity index (χ2v) is 10.4. The average molecular weight is 493 g/mol. The number of hydrogen-bond acceptors (Lipinski definition) is 4. The molecule has 0 amide bonds. The van der Waals surface area contributed by atoms with Gasteiger partial charge in [0.1, 0.15) is 23.0 Å². The molecule has 0 aromatic heterocycles. The van der Waals surface area contributed by atoms with Crippen LogP contribution in [-0.2, 0) is 5.41 Å². The number of nitrogen functional groups attached to an aromatic ring is 2. The Labute approximate surface area is 220 Å². The van der Waals surface area contributed by atoms with Crippen LogP contribution in [-0.4, -0.2) is 0 Å². The zero-order chi connectivity index (χ0) is 25.7. The molecule has 0 aliphatic heterocycles.